The lowest BCUT2D eigenvalue weighted by Gasteiger charge is -2.39. The molecular weight excluding hydrogens is 518 g/mol. The van der Waals surface area contributed by atoms with Gasteiger partial charge in [0.25, 0.3) is 11.8 Å². The van der Waals surface area contributed by atoms with Crippen LogP contribution in [0.5, 0.6) is 0 Å². The molecule has 0 saturated carbocycles. The fourth-order valence-corrected chi connectivity index (χ4v) is 4.99. The second-order valence-corrected chi connectivity index (χ2v) is 9.43. The van der Waals surface area contributed by atoms with Gasteiger partial charge in [-0.3, -0.25) is 20.7 Å². The van der Waals surface area contributed by atoms with Gasteiger partial charge in [-0.05, 0) is 25.0 Å². The summed E-state index contributed by atoms with van der Waals surface area (Å²) in [6, 6.07) is 2.59. The number of likely N-dealkylation sites (tertiary alicyclic amines) is 1. The maximum absolute atomic E-state index is 13.1. The molecule has 3 aliphatic heterocycles. The van der Waals surface area contributed by atoms with Crippen molar-refractivity contribution in [3.05, 3.63) is 41.1 Å². The van der Waals surface area contributed by atoms with Crippen molar-refractivity contribution in [3.8, 4) is 0 Å². The van der Waals surface area contributed by atoms with Crippen LogP contribution in [0.1, 0.15) is 23.2 Å². The highest BCUT2D eigenvalue weighted by Crippen LogP contribution is 2.29. The SMILES string of the molecule is NN=NC1=NC(N=NN)=C(Cl)NC1C(=O)NC1NC2(CCN(C(=O)c3cnc4[nH]ccc4c3)CC2)CN1N. The molecule has 0 bridgehead atoms. The predicted molar refractivity (Wildman–Crippen MR) is 135 cm³/mol. The molecule has 200 valence electrons. The number of hydrogen-bond acceptors (Lipinski definition) is 12. The smallest absolute Gasteiger partial charge is 0.255 e. The van der Waals surface area contributed by atoms with Crippen LogP contribution in [-0.4, -0.2) is 75.0 Å². The summed E-state index contributed by atoms with van der Waals surface area (Å²) in [5.74, 6) is 15.7. The largest absolute Gasteiger partial charge is 0.355 e. The predicted octanol–water partition coefficient (Wildman–Crippen LogP) is -0.896. The van der Waals surface area contributed by atoms with Crippen molar-refractivity contribution in [1.29, 1.82) is 0 Å². The van der Waals surface area contributed by atoms with E-state index in [0.717, 1.165) is 11.0 Å². The molecule has 5 rings (SSSR count). The summed E-state index contributed by atoms with van der Waals surface area (Å²) in [4.78, 5) is 39.3. The number of amidine groups is 1. The maximum atomic E-state index is 13.1. The molecule has 3 aliphatic rings. The summed E-state index contributed by atoms with van der Waals surface area (Å²) in [5, 5.41) is 24.8. The molecule has 18 heteroatoms. The minimum atomic E-state index is -1.12. The number of nitrogens with two attached hydrogens (primary N) is 3. The van der Waals surface area contributed by atoms with Crippen molar-refractivity contribution < 1.29 is 9.59 Å². The van der Waals surface area contributed by atoms with Gasteiger partial charge in [0.05, 0.1) is 5.56 Å². The number of H-pyrrole nitrogens is 1. The van der Waals surface area contributed by atoms with Crippen LogP contribution >= 0.6 is 11.6 Å². The molecule has 2 amide bonds. The Morgan fingerprint density at radius 3 is 2.71 bits per heavy atom. The second-order valence-electron chi connectivity index (χ2n) is 9.06. The molecule has 2 atom stereocenters. The Morgan fingerprint density at radius 2 is 1.97 bits per heavy atom. The number of amides is 2. The van der Waals surface area contributed by atoms with E-state index in [-0.39, 0.29) is 22.7 Å². The number of aromatic amines is 1. The molecule has 2 aromatic rings. The third-order valence-electron chi connectivity index (χ3n) is 6.71. The van der Waals surface area contributed by atoms with Gasteiger partial charge >= 0.3 is 0 Å². The first-order valence-electron chi connectivity index (χ1n) is 11.6. The van der Waals surface area contributed by atoms with Crippen LogP contribution in [0.25, 0.3) is 11.0 Å². The molecule has 5 heterocycles. The van der Waals surface area contributed by atoms with E-state index in [1.54, 1.807) is 17.3 Å². The normalized spacial score (nSPS) is 23.9. The Balaban J connectivity index is 1.21. The van der Waals surface area contributed by atoms with Gasteiger partial charge in [0.1, 0.15) is 11.9 Å². The van der Waals surface area contributed by atoms with Gasteiger partial charge in [-0.15, -0.1) is 10.2 Å². The number of hydrogen-bond donors (Lipinski definition) is 7. The first-order valence-corrected chi connectivity index (χ1v) is 12.0. The summed E-state index contributed by atoms with van der Waals surface area (Å²) >= 11 is 6.11. The zero-order chi connectivity index (χ0) is 26.9. The van der Waals surface area contributed by atoms with Gasteiger partial charge in [0.2, 0.25) is 5.82 Å². The van der Waals surface area contributed by atoms with E-state index >= 15 is 0 Å². The van der Waals surface area contributed by atoms with Crippen LogP contribution in [0.4, 0.5) is 0 Å². The minimum absolute atomic E-state index is 0.0568. The lowest BCUT2D eigenvalue weighted by molar-refractivity contribution is -0.123. The van der Waals surface area contributed by atoms with E-state index in [1.807, 2.05) is 12.1 Å². The lowest BCUT2D eigenvalue weighted by atomic mass is 9.88. The molecule has 1 spiro atoms. The highest BCUT2D eigenvalue weighted by atomic mass is 35.5. The first-order chi connectivity index (χ1) is 18.3. The highest BCUT2D eigenvalue weighted by Gasteiger charge is 2.46. The topological polar surface area (TPSA) is 245 Å². The summed E-state index contributed by atoms with van der Waals surface area (Å²) in [6.45, 7) is 1.49. The Bertz CT molecular complexity index is 1360. The number of hydrazine groups is 1. The van der Waals surface area contributed by atoms with E-state index < -0.39 is 23.8 Å². The van der Waals surface area contributed by atoms with E-state index in [4.69, 9.17) is 29.1 Å². The highest BCUT2D eigenvalue weighted by molar-refractivity contribution is 6.30. The number of aromatic nitrogens is 2. The van der Waals surface area contributed by atoms with Crippen molar-refractivity contribution in [3.63, 3.8) is 0 Å². The molecule has 0 aliphatic carbocycles. The van der Waals surface area contributed by atoms with Crippen LogP contribution in [0.15, 0.2) is 61.2 Å². The van der Waals surface area contributed by atoms with Crippen molar-refractivity contribution in [2.45, 2.75) is 30.7 Å². The number of carbonyl (C=O) groups is 2. The van der Waals surface area contributed by atoms with Crippen molar-refractivity contribution in [1.82, 2.24) is 35.8 Å². The van der Waals surface area contributed by atoms with Crippen molar-refractivity contribution >= 4 is 40.3 Å². The number of pyridine rings is 1. The van der Waals surface area contributed by atoms with E-state index in [2.05, 4.69) is 51.6 Å². The van der Waals surface area contributed by atoms with Crippen LogP contribution in [-0.2, 0) is 4.79 Å². The molecule has 2 fully saturated rings. The fraction of sp³-hybridized carbons (Fsp3) is 0.400. The van der Waals surface area contributed by atoms with Crippen LogP contribution in [0.2, 0.25) is 0 Å². The Kier molecular flexibility index (Phi) is 6.89. The second kappa shape index (κ2) is 10.3. The zero-order valence-corrected chi connectivity index (χ0v) is 20.8. The van der Waals surface area contributed by atoms with Crippen LogP contribution in [0, 0.1) is 0 Å². The van der Waals surface area contributed by atoms with E-state index in [9.17, 15) is 9.59 Å². The summed E-state index contributed by atoms with van der Waals surface area (Å²) in [5.41, 5.74) is 0.874. The number of aliphatic imine (C=N–C) groups is 1. The number of halogens is 1. The molecule has 0 radical (unpaired) electrons. The molecule has 2 saturated heterocycles. The van der Waals surface area contributed by atoms with Gasteiger partial charge < -0.3 is 32.2 Å². The van der Waals surface area contributed by atoms with Gasteiger partial charge in [0.15, 0.2) is 17.0 Å². The Labute approximate surface area is 220 Å². The lowest BCUT2D eigenvalue weighted by Crippen LogP contribution is -2.60. The number of nitrogens with one attached hydrogen (secondary N) is 4. The number of fused-ring (bicyclic) bond motifs is 1. The molecular formula is C20H26ClN15O2. The average molecular weight is 544 g/mol. The third kappa shape index (κ3) is 4.86. The summed E-state index contributed by atoms with van der Waals surface area (Å²) in [6.07, 6.45) is 3.94. The average Bonchev–Trinajstić information content (AvgIpc) is 3.49. The third-order valence-corrected chi connectivity index (χ3v) is 6.99. The van der Waals surface area contributed by atoms with Crippen LogP contribution in [0.3, 0.4) is 0 Å². The van der Waals surface area contributed by atoms with Gasteiger partial charge in [-0.1, -0.05) is 22.0 Å². The van der Waals surface area contributed by atoms with Gasteiger partial charge in [0, 0.05) is 43.0 Å². The van der Waals surface area contributed by atoms with Crippen LogP contribution < -0.4 is 33.5 Å². The molecule has 10 N–H and O–H groups in total. The van der Waals surface area contributed by atoms with E-state index in [1.165, 1.54) is 5.01 Å². The number of carbonyl (C=O) groups excluding carboxylic acids is 2. The standard InChI is InChI=1S/C20H26ClN15O2/c21-13-16(32-34-23)28-15(31-33-22)12(27-13)17(37)29-19-30-20(9-36(19)24)2-5-35(6-3-20)18(38)11-7-10-1-4-25-14(10)26-8-11/h1,4,7-8,12,19,27,30H,2-3,5-6,9,24H2,(H2,23,32)(H,25,26)(H,29,37)(H2,22,28,31). The quantitative estimate of drug-likeness (QED) is 0.109. The maximum Gasteiger partial charge on any atom is 0.255 e. The first kappa shape index (κ1) is 25.5. The molecule has 17 nitrogen and oxygen atoms in total. The van der Waals surface area contributed by atoms with Gasteiger partial charge in [-0.2, -0.15) is 0 Å². The van der Waals surface area contributed by atoms with Gasteiger partial charge in [-0.25, -0.2) is 15.0 Å². The monoisotopic (exact) mass is 543 g/mol. The summed E-state index contributed by atoms with van der Waals surface area (Å²) in [7, 11) is 0. The van der Waals surface area contributed by atoms with E-state index in [0.29, 0.717) is 38.0 Å². The molecule has 2 unspecified atom stereocenters. The fourth-order valence-electron chi connectivity index (χ4n) is 4.80. The Morgan fingerprint density at radius 1 is 1.21 bits per heavy atom. The summed E-state index contributed by atoms with van der Waals surface area (Å²) < 4.78 is 0. The molecule has 0 aromatic carbocycles. The minimum Gasteiger partial charge on any atom is -0.355 e. The number of piperidine rings is 1. The van der Waals surface area contributed by atoms with Crippen molar-refractivity contribution in [2.24, 2.45) is 43.2 Å². The number of rotatable bonds is 4. The zero-order valence-electron chi connectivity index (χ0n) is 20.0. The molecule has 38 heavy (non-hydrogen) atoms. The van der Waals surface area contributed by atoms with Crippen molar-refractivity contribution in [2.75, 3.05) is 19.6 Å². The molecule has 2 aromatic heterocycles. The number of nitrogens with zero attached hydrogens (tertiary/aromatic N) is 8. The Hall–Kier alpha value is -4.19.